The predicted molar refractivity (Wildman–Crippen MR) is 67.7 cm³/mol. The van der Waals surface area contributed by atoms with Crippen LogP contribution in [0.3, 0.4) is 0 Å². The summed E-state index contributed by atoms with van der Waals surface area (Å²) in [4.78, 5) is 0. The van der Waals surface area contributed by atoms with Gasteiger partial charge in [-0.3, -0.25) is 0 Å². The van der Waals surface area contributed by atoms with Gasteiger partial charge in [-0.1, -0.05) is 6.07 Å². The molecule has 2 nitrogen and oxygen atoms in total. The van der Waals surface area contributed by atoms with Crippen molar-refractivity contribution in [3.8, 4) is 0 Å². The number of nitrogens with one attached hydrogen (secondary N) is 1. The van der Waals surface area contributed by atoms with Gasteiger partial charge < -0.3 is 11.1 Å². The molecular weight excluding hydrogens is 196 g/mol. The van der Waals surface area contributed by atoms with Gasteiger partial charge in [-0.15, -0.1) is 0 Å². The van der Waals surface area contributed by atoms with Crippen LogP contribution in [0.2, 0.25) is 0 Å². The van der Waals surface area contributed by atoms with Crippen LogP contribution < -0.4 is 11.1 Å². The van der Waals surface area contributed by atoms with E-state index in [9.17, 15) is 0 Å². The highest BCUT2D eigenvalue weighted by Crippen LogP contribution is 2.27. The molecular formula is C14H20N2. The Labute approximate surface area is 97.2 Å². The van der Waals surface area contributed by atoms with Gasteiger partial charge in [0.05, 0.1) is 0 Å². The van der Waals surface area contributed by atoms with Crippen LogP contribution in [0.15, 0.2) is 18.2 Å². The molecule has 0 heterocycles. The van der Waals surface area contributed by atoms with E-state index < -0.39 is 0 Å². The topological polar surface area (TPSA) is 38.0 Å². The molecule has 1 saturated carbocycles. The second kappa shape index (κ2) is 4.10. The van der Waals surface area contributed by atoms with E-state index in [-0.39, 0.29) is 0 Å². The molecule has 0 bridgehead atoms. The molecule has 0 spiro atoms. The SMILES string of the molecule is NC1CCC(Nc2ccc3c(c2)CCC3)C1. The maximum Gasteiger partial charge on any atom is 0.0345 e. The summed E-state index contributed by atoms with van der Waals surface area (Å²) in [7, 11) is 0. The Bertz CT molecular complexity index is 386. The Morgan fingerprint density at radius 3 is 2.81 bits per heavy atom. The first-order valence-electron chi connectivity index (χ1n) is 6.45. The van der Waals surface area contributed by atoms with Gasteiger partial charge in [-0.05, 0) is 61.8 Å². The second-order valence-electron chi connectivity index (χ2n) is 5.25. The molecule has 0 radical (unpaired) electrons. The van der Waals surface area contributed by atoms with Crippen LogP contribution in [0.1, 0.15) is 36.8 Å². The van der Waals surface area contributed by atoms with Crippen molar-refractivity contribution in [3.63, 3.8) is 0 Å². The van der Waals surface area contributed by atoms with E-state index in [1.165, 1.54) is 37.8 Å². The molecule has 0 aliphatic heterocycles. The van der Waals surface area contributed by atoms with Gasteiger partial charge in [0.1, 0.15) is 0 Å². The molecule has 3 N–H and O–H groups in total. The van der Waals surface area contributed by atoms with Crippen LogP contribution in [-0.4, -0.2) is 12.1 Å². The standard InChI is InChI=1S/C14H20N2/c15-12-5-7-14(9-12)16-13-6-4-10-2-1-3-11(10)8-13/h4,6,8,12,14,16H,1-3,5,7,9,15H2. The summed E-state index contributed by atoms with van der Waals surface area (Å²) in [6, 6.07) is 7.86. The van der Waals surface area contributed by atoms with E-state index in [4.69, 9.17) is 5.73 Å². The van der Waals surface area contributed by atoms with Crippen molar-refractivity contribution >= 4 is 5.69 Å². The minimum atomic E-state index is 0.409. The summed E-state index contributed by atoms with van der Waals surface area (Å²) in [6.45, 7) is 0. The lowest BCUT2D eigenvalue weighted by Gasteiger charge is -2.14. The number of rotatable bonds is 2. The number of benzene rings is 1. The van der Waals surface area contributed by atoms with Gasteiger partial charge in [-0.2, -0.15) is 0 Å². The van der Waals surface area contributed by atoms with Crippen molar-refractivity contribution in [1.82, 2.24) is 0 Å². The zero-order valence-corrected chi connectivity index (χ0v) is 9.71. The maximum absolute atomic E-state index is 5.93. The molecule has 1 aromatic rings. The smallest absolute Gasteiger partial charge is 0.0345 e. The molecule has 1 aromatic carbocycles. The van der Waals surface area contributed by atoms with Crippen LogP contribution in [-0.2, 0) is 12.8 Å². The normalized spacial score (nSPS) is 28.1. The number of aryl methyl sites for hydroxylation is 2. The lowest BCUT2D eigenvalue weighted by molar-refractivity contribution is 0.688. The Balaban J connectivity index is 1.71. The zero-order valence-electron chi connectivity index (χ0n) is 9.71. The molecule has 0 aromatic heterocycles. The van der Waals surface area contributed by atoms with Crippen LogP contribution in [0.25, 0.3) is 0 Å². The molecule has 2 heteroatoms. The monoisotopic (exact) mass is 216 g/mol. The third-order valence-electron chi connectivity index (χ3n) is 3.94. The van der Waals surface area contributed by atoms with E-state index in [0.29, 0.717) is 12.1 Å². The van der Waals surface area contributed by atoms with Gasteiger partial charge in [-0.25, -0.2) is 0 Å². The first-order valence-corrected chi connectivity index (χ1v) is 6.45. The van der Waals surface area contributed by atoms with Crippen molar-refractivity contribution in [2.45, 2.75) is 50.6 Å². The van der Waals surface area contributed by atoms with Crippen LogP contribution >= 0.6 is 0 Å². The van der Waals surface area contributed by atoms with E-state index in [2.05, 4.69) is 23.5 Å². The lowest BCUT2D eigenvalue weighted by Crippen LogP contribution is -2.20. The van der Waals surface area contributed by atoms with Crippen molar-refractivity contribution < 1.29 is 0 Å². The van der Waals surface area contributed by atoms with Crippen LogP contribution in [0.5, 0.6) is 0 Å². The van der Waals surface area contributed by atoms with E-state index >= 15 is 0 Å². The molecule has 2 aliphatic rings. The molecule has 86 valence electrons. The molecule has 1 fully saturated rings. The van der Waals surface area contributed by atoms with E-state index in [1.54, 1.807) is 11.1 Å². The van der Waals surface area contributed by atoms with Gasteiger partial charge in [0.2, 0.25) is 0 Å². The largest absolute Gasteiger partial charge is 0.382 e. The maximum atomic E-state index is 5.93. The number of anilines is 1. The summed E-state index contributed by atoms with van der Waals surface area (Å²) in [5.74, 6) is 0. The zero-order chi connectivity index (χ0) is 11.0. The fourth-order valence-corrected chi connectivity index (χ4v) is 3.04. The average molecular weight is 216 g/mol. The highest BCUT2D eigenvalue weighted by atomic mass is 14.9. The highest BCUT2D eigenvalue weighted by Gasteiger charge is 2.21. The molecule has 2 aliphatic carbocycles. The van der Waals surface area contributed by atoms with Gasteiger partial charge in [0, 0.05) is 17.8 Å². The van der Waals surface area contributed by atoms with Crippen molar-refractivity contribution in [1.29, 1.82) is 0 Å². The lowest BCUT2D eigenvalue weighted by atomic mass is 10.1. The van der Waals surface area contributed by atoms with E-state index in [1.807, 2.05) is 0 Å². The summed E-state index contributed by atoms with van der Waals surface area (Å²) >= 11 is 0. The Hall–Kier alpha value is -1.02. The molecule has 16 heavy (non-hydrogen) atoms. The number of hydrogen-bond acceptors (Lipinski definition) is 2. The first kappa shape index (κ1) is 10.2. The minimum Gasteiger partial charge on any atom is -0.382 e. The first-order chi connectivity index (χ1) is 7.81. The fourth-order valence-electron chi connectivity index (χ4n) is 3.04. The van der Waals surface area contributed by atoms with E-state index in [0.717, 1.165) is 6.42 Å². The number of hydrogen-bond donors (Lipinski definition) is 2. The molecule has 3 rings (SSSR count). The molecule has 0 amide bonds. The third-order valence-corrected chi connectivity index (χ3v) is 3.94. The minimum absolute atomic E-state index is 0.409. The summed E-state index contributed by atoms with van der Waals surface area (Å²) < 4.78 is 0. The Morgan fingerprint density at radius 2 is 2.00 bits per heavy atom. The fraction of sp³-hybridized carbons (Fsp3) is 0.571. The highest BCUT2D eigenvalue weighted by molar-refractivity contribution is 5.50. The number of nitrogens with two attached hydrogens (primary N) is 1. The van der Waals surface area contributed by atoms with Gasteiger partial charge >= 0.3 is 0 Å². The third kappa shape index (κ3) is 1.94. The summed E-state index contributed by atoms with van der Waals surface area (Å²) in [5.41, 5.74) is 10.3. The molecule has 0 saturated heterocycles. The van der Waals surface area contributed by atoms with Crippen molar-refractivity contribution in [2.75, 3.05) is 5.32 Å². The average Bonchev–Trinajstić information content (AvgIpc) is 2.87. The van der Waals surface area contributed by atoms with Crippen molar-refractivity contribution in [3.05, 3.63) is 29.3 Å². The number of fused-ring (bicyclic) bond motifs is 1. The predicted octanol–water partition coefficient (Wildman–Crippen LogP) is 2.47. The Morgan fingerprint density at radius 1 is 1.12 bits per heavy atom. The molecule has 2 unspecified atom stereocenters. The summed E-state index contributed by atoms with van der Waals surface area (Å²) in [6.07, 6.45) is 7.37. The van der Waals surface area contributed by atoms with Crippen LogP contribution in [0, 0.1) is 0 Å². The van der Waals surface area contributed by atoms with Crippen molar-refractivity contribution in [2.24, 2.45) is 5.73 Å². The van der Waals surface area contributed by atoms with Crippen LogP contribution in [0.4, 0.5) is 5.69 Å². The quantitative estimate of drug-likeness (QED) is 0.797. The Kier molecular flexibility index (Phi) is 2.60. The second-order valence-corrected chi connectivity index (χ2v) is 5.25. The molecule has 2 atom stereocenters. The van der Waals surface area contributed by atoms with Gasteiger partial charge in [0.25, 0.3) is 0 Å². The van der Waals surface area contributed by atoms with Gasteiger partial charge in [0.15, 0.2) is 0 Å². The summed E-state index contributed by atoms with van der Waals surface area (Å²) in [5, 5.41) is 3.62.